The van der Waals surface area contributed by atoms with Gasteiger partial charge in [0.25, 0.3) is 0 Å². The standard InChI is InChI=1S/C17H26F2N2/c1-3-11-21(12-14-7-9-20-10-8-14)13(2)15-5-4-6-16(18)17(15)19/h4-6,13-14,20H,3,7-12H2,1-2H3. The van der Waals surface area contributed by atoms with E-state index in [4.69, 9.17) is 0 Å². The lowest BCUT2D eigenvalue weighted by Gasteiger charge is -2.34. The summed E-state index contributed by atoms with van der Waals surface area (Å²) in [5.41, 5.74) is 0.470. The van der Waals surface area contributed by atoms with E-state index < -0.39 is 11.6 Å². The van der Waals surface area contributed by atoms with E-state index in [0.717, 1.165) is 32.6 Å². The molecular weight excluding hydrogens is 270 g/mol. The van der Waals surface area contributed by atoms with E-state index in [1.165, 1.54) is 18.9 Å². The van der Waals surface area contributed by atoms with Crippen molar-refractivity contribution in [1.82, 2.24) is 10.2 Å². The van der Waals surface area contributed by atoms with Crippen LogP contribution in [-0.2, 0) is 0 Å². The molecule has 0 aromatic heterocycles. The molecule has 1 aliphatic heterocycles. The second kappa shape index (κ2) is 7.85. The minimum Gasteiger partial charge on any atom is -0.317 e. The highest BCUT2D eigenvalue weighted by molar-refractivity contribution is 5.22. The summed E-state index contributed by atoms with van der Waals surface area (Å²) in [7, 11) is 0. The van der Waals surface area contributed by atoms with E-state index >= 15 is 0 Å². The van der Waals surface area contributed by atoms with Crippen molar-refractivity contribution >= 4 is 0 Å². The Labute approximate surface area is 126 Å². The normalized spacial score (nSPS) is 18.1. The highest BCUT2D eigenvalue weighted by Crippen LogP contribution is 2.27. The Hall–Kier alpha value is -1.00. The zero-order valence-electron chi connectivity index (χ0n) is 13.0. The van der Waals surface area contributed by atoms with Gasteiger partial charge < -0.3 is 5.32 Å². The Morgan fingerprint density at radius 2 is 2.00 bits per heavy atom. The summed E-state index contributed by atoms with van der Waals surface area (Å²) in [6, 6.07) is 4.39. The van der Waals surface area contributed by atoms with Crippen molar-refractivity contribution in [1.29, 1.82) is 0 Å². The lowest BCUT2D eigenvalue weighted by molar-refractivity contribution is 0.158. The summed E-state index contributed by atoms with van der Waals surface area (Å²) < 4.78 is 27.5. The first-order valence-electron chi connectivity index (χ1n) is 8.02. The number of hydrogen-bond acceptors (Lipinski definition) is 2. The van der Waals surface area contributed by atoms with Gasteiger partial charge in [0.2, 0.25) is 0 Å². The number of nitrogens with one attached hydrogen (secondary N) is 1. The molecule has 1 aromatic carbocycles. The van der Waals surface area contributed by atoms with Crippen LogP contribution in [0.5, 0.6) is 0 Å². The molecule has 0 aliphatic carbocycles. The number of halogens is 2. The first kappa shape index (κ1) is 16.4. The summed E-state index contributed by atoms with van der Waals surface area (Å²) >= 11 is 0. The highest BCUT2D eigenvalue weighted by Gasteiger charge is 2.23. The molecular formula is C17H26F2N2. The third-order valence-corrected chi connectivity index (χ3v) is 4.44. The average Bonchev–Trinajstić information content (AvgIpc) is 2.50. The number of hydrogen-bond donors (Lipinski definition) is 1. The summed E-state index contributed by atoms with van der Waals surface area (Å²) in [4.78, 5) is 2.30. The van der Waals surface area contributed by atoms with Crippen molar-refractivity contribution in [3.63, 3.8) is 0 Å². The molecule has 1 saturated heterocycles. The molecule has 1 atom stereocenters. The smallest absolute Gasteiger partial charge is 0.163 e. The van der Waals surface area contributed by atoms with Gasteiger partial charge in [0.1, 0.15) is 0 Å². The van der Waals surface area contributed by atoms with Crippen molar-refractivity contribution < 1.29 is 8.78 Å². The highest BCUT2D eigenvalue weighted by atomic mass is 19.2. The second-order valence-corrected chi connectivity index (χ2v) is 6.01. The van der Waals surface area contributed by atoms with Gasteiger partial charge in [-0.05, 0) is 57.8 Å². The Balaban J connectivity index is 2.10. The van der Waals surface area contributed by atoms with Gasteiger partial charge in [-0.3, -0.25) is 4.90 Å². The summed E-state index contributed by atoms with van der Waals surface area (Å²) in [5, 5.41) is 3.37. The van der Waals surface area contributed by atoms with Crippen molar-refractivity contribution in [3.05, 3.63) is 35.4 Å². The van der Waals surface area contributed by atoms with Crippen LogP contribution < -0.4 is 5.32 Å². The van der Waals surface area contributed by atoms with E-state index in [-0.39, 0.29) is 6.04 Å². The fourth-order valence-electron chi connectivity index (χ4n) is 3.17. The summed E-state index contributed by atoms with van der Waals surface area (Å²) in [6.07, 6.45) is 3.35. The van der Waals surface area contributed by atoms with Crippen LogP contribution in [0.1, 0.15) is 44.7 Å². The van der Waals surface area contributed by atoms with Gasteiger partial charge in [-0.1, -0.05) is 19.1 Å². The maximum Gasteiger partial charge on any atom is 0.163 e. The molecule has 2 nitrogen and oxygen atoms in total. The Morgan fingerprint density at radius 1 is 1.29 bits per heavy atom. The molecule has 0 spiro atoms. The van der Waals surface area contributed by atoms with Crippen molar-refractivity contribution in [3.8, 4) is 0 Å². The number of benzene rings is 1. The van der Waals surface area contributed by atoms with Gasteiger partial charge in [-0.2, -0.15) is 0 Å². The monoisotopic (exact) mass is 296 g/mol. The SMILES string of the molecule is CCCN(CC1CCNCC1)C(C)c1cccc(F)c1F. The molecule has 1 fully saturated rings. The molecule has 0 amide bonds. The van der Waals surface area contributed by atoms with Crippen molar-refractivity contribution in [2.45, 2.75) is 39.2 Å². The zero-order valence-corrected chi connectivity index (χ0v) is 13.0. The largest absolute Gasteiger partial charge is 0.317 e. The molecule has 0 saturated carbocycles. The molecule has 118 valence electrons. The average molecular weight is 296 g/mol. The topological polar surface area (TPSA) is 15.3 Å². The van der Waals surface area contributed by atoms with Gasteiger partial charge in [0.05, 0.1) is 0 Å². The van der Waals surface area contributed by atoms with Crippen LogP contribution in [0.15, 0.2) is 18.2 Å². The van der Waals surface area contributed by atoms with Crippen LogP contribution in [0.3, 0.4) is 0 Å². The van der Waals surface area contributed by atoms with Crippen LogP contribution in [0, 0.1) is 17.6 Å². The van der Waals surface area contributed by atoms with E-state index in [0.29, 0.717) is 11.5 Å². The van der Waals surface area contributed by atoms with Gasteiger partial charge >= 0.3 is 0 Å². The molecule has 1 aliphatic rings. The van der Waals surface area contributed by atoms with Crippen LogP contribution in [0.2, 0.25) is 0 Å². The molecule has 1 N–H and O–H groups in total. The fraction of sp³-hybridized carbons (Fsp3) is 0.647. The van der Waals surface area contributed by atoms with Crippen LogP contribution in [0.4, 0.5) is 8.78 Å². The third-order valence-electron chi connectivity index (χ3n) is 4.44. The molecule has 21 heavy (non-hydrogen) atoms. The third kappa shape index (κ3) is 4.24. The molecule has 2 rings (SSSR count). The van der Waals surface area contributed by atoms with Crippen LogP contribution >= 0.6 is 0 Å². The van der Waals surface area contributed by atoms with E-state index in [1.807, 2.05) is 6.92 Å². The number of piperidine rings is 1. The van der Waals surface area contributed by atoms with E-state index in [9.17, 15) is 8.78 Å². The van der Waals surface area contributed by atoms with Gasteiger partial charge in [-0.25, -0.2) is 8.78 Å². The minimum atomic E-state index is -0.752. The quantitative estimate of drug-likeness (QED) is 0.860. The number of rotatable bonds is 6. The van der Waals surface area contributed by atoms with Crippen molar-refractivity contribution in [2.75, 3.05) is 26.2 Å². The van der Waals surface area contributed by atoms with E-state index in [2.05, 4.69) is 17.1 Å². The summed E-state index contributed by atoms with van der Waals surface area (Å²) in [6.45, 7) is 8.12. The molecule has 1 heterocycles. The minimum absolute atomic E-state index is 0.0875. The van der Waals surface area contributed by atoms with Gasteiger partial charge in [0.15, 0.2) is 11.6 Å². The molecule has 1 aromatic rings. The molecule has 1 unspecified atom stereocenters. The Bertz CT molecular complexity index is 444. The lowest BCUT2D eigenvalue weighted by atomic mass is 9.95. The first-order chi connectivity index (χ1) is 10.1. The first-order valence-corrected chi connectivity index (χ1v) is 8.02. The molecule has 0 radical (unpaired) electrons. The number of nitrogens with zero attached hydrogens (tertiary/aromatic N) is 1. The second-order valence-electron chi connectivity index (χ2n) is 6.01. The lowest BCUT2D eigenvalue weighted by Crippen LogP contribution is -2.38. The van der Waals surface area contributed by atoms with Crippen LogP contribution in [-0.4, -0.2) is 31.1 Å². The van der Waals surface area contributed by atoms with Gasteiger partial charge in [-0.15, -0.1) is 0 Å². The predicted octanol–water partition coefficient (Wildman–Crippen LogP) is 3.74. The van der Waals surface area contributed by atoms with Crippen LogP contribution in [0.25, 0.3) is 0 Å². The maximum absolute atomic E-state index is 14.0. The zero-order chi connectivity index (χ0) is 15.2. The maximum atomic E-state index is 14.0. The Morgan fingerprint density at radius 3 is 2.67 bits per heavy atom. The summed E-state index contributed by atoms with van der Waals surface area (Å²) in [5.74, 6) is -0.800. The van der Waals surface area contributed by atoms with Crippen molar-refractivity contribution in [2.24, 2.45) is 5.92 Å². The van der Waals surface area contributed by atoms with Gasteiger partial charge in [0, 0.05) is 18.2 Å². The molecule has 0 bridgehead atoms. The predicted molar refractivity (Wildman–Crippen MR) is 82.2 cm³/mol. The molecule has 4 heteroatoms. The van der Waals surface area contributed by atoms with E-state index in [1.54, 1.807) is 12.1 Å². The Kier molecular flexibility index (Phi) is 6.12. The fourth-order valence-corrected chi connectivity index (χ4v) is 3.17.